The lowest BCUT2D eigenvalue weighted by molar-refractivity contribution is 0.0548. The summed E-state index contributed by atoms with van der Waals surface area (Å²) in [6.07, 6.45) is 1.62. The molecule has 1 saturated heterocycles. The first-order chi connectivity index (χ1) is 13.0. The molecule has 0 unspecified atom stereocenters. The van der Waals surface area contributed by atoms with Crippen LogP contribution in [0, 0.1) is 5.41 Å². The van der Waals surface area contributed by atoms with Gasteiger partial charge in [-0.25, -0.2) is 0 Å². The van der Waals surface area contributed by atoms with Crippen LogP contribution >= 0.6 is 0 Å². The third-order valence-corrected chi connectivity index (χ3v) is 6.50. The van der Waals surface area contributed by atoms with Crippen molar-refractivity contribution < 1.29 is 14.6 Å². The van der Waals surface area contributed by atoms with Gasteiger partial charge in [-0.2, -0.15) is 0 Å². The Hall–Kier alpha value is -2.04. The van der Waals surface area contributed by atoms with Gasteiger partial charge in [0.05, 0.1) is 13.2 Å². The third kappa shape index (κ3) is 3.32. The van der Waals surface area contributed by atoms with Crippen molar-refractivity contribution in [3.63, 3.8) is 0 Å². The lowest BCUT2D eigenvalue weighted by atomic mass is 9.72. The highest BCUT2D eigenvalue weighted by atomic mass is 16.5. The zero-order valence-electron chi connectivity index (χ0n) is 16.4. The van der Waals surface area contributed by atoms with Crippen LogP contribution in [0.3, 0.4) is 0 Å². The monoisotopic (exact) mass is 367 g/mol. The van der Waals surface area contributed by atoms with Crippen LogP contribution in [0.5, 0.6) is 11.5 Å². The zero-order chi connectivity index (χ0) is 19.0. The molecule has 4 rings (SSSR count). The molecular formula is C23H29NO3. The maximum absolute atomic E-state index is 10.3. The molecule has 0 radical (unpaired) electrons. The number of ether oxygens (including phenoxy) is 2. The molecule has 2 N–H and O–H groups in total. The summed E-state index contributed by atoms with van der Waals surface area (Å²) in [7, 11) is 1.68. The average Bonchev–Trinajstić information content (AvgIpc) is 3.25. The topological polar surface area (TPSA) is 50.7 Å². The van der Waals surface area contributed by atoms with E-state index in [-0.39, 0.29) is 23.5 Å². The van der Waals surface area contributed by atoms with Crippen LogP contribution in [0.2, 0.25) is 0 Å². The summed E-state index contributed by atoms with van der Waals surface area (Å²) in [6, 6.07) is 14.8. The van der Waals surface area contributed by atoms with Crippen molar-refractivity contribution in [1.82, 2.24) is 5.32 Å². The van der Waals surface area contributed by atoms with Crippen LogP contribution in [0.1, 0.15) is 36.5 Å². The number of rotatable bonds is 5. The molecular weight excluding hydrogens is 338 g/mol. The number of aliphatic hydroxyl groups excluding tert-OH is 1. The van der Waals surface area contributed by atoms with Crippen molar-refractivity contribution >= 4 is 0 Å². The second-order valence-electron chi connectivity index (χ2n) is 8.19. The molecule has 27 heavy (non-hydrogen) atoms. The van der Waals surface area contributed by atoms with Crippen LogP contribution in [0.15, 0.2) is 42.5 Å². The molecule has 0 amide bonds. The standard InChI is InChI=1S/C23H29NO3/c1-15(25)23(2)14-24-13-20(23)18-8-9-21(26-3)22(12-18)27-19-10-16-6-4-5-7-17(16)11-19/h4-9,12,15,19-20,24-25H,10-11,13-14H2,1-3H3/t15-,20+,23+/m1/s1. The van der Waals surface area contributed by atoms with E-state index in [1.807, 2.05) is 13.0 Å². The van der Waals surface area contributed by atoms with E-state index in [9.17, 15) is 5.11 Å². The first-order valence-electron chi connectivity index (χ1n) is 9.81. The summed E-state index contributed by atoms with van der Waals surface area (Å²) in [5.74, 6) is 1.80. The van der Waals surface area contributed by atoms with Crippen LogP contribution in [-0.2, 0) is 12.8 Å². The van der Waals surface area contributed by atoms with Crippen LogP contribution in [-0.4, -0.2) is 37.5 Å². The van der Waals surface area contributed by atoms with Crippen molar-refractivity contribution in [2.75, 3.05) is 20.2 Å². The van der Waals surface area contributed by atoms with Crippen molar-refractivity contribution in [2.24, 2.45) is 5.41 Å². The number of hydrogen-bond acceptors (Lipinski definition) is 4. The van der Waals surface area contributed by atoms with E-state index in [0.717, 1.165) is 37.4 Å². The molecule has 0 bridgehead atoms. The van der Waals surface area contributed by atoms with Gasteiger partial charge >= 0.3 is 0 Å². The molecule has 1 heterocycles. The minimum absolute atomic E-state index is 0.136. The predicted molar refractivity (Wildman–Crippen MR) is 107 cm³/mol. The van der Waals surface area contributed by atoms with Gasteiger partial charge in [0.2, 0.25) is 0 Å². The van der Waals surface area contributed by atoms with E-state index < -0.39 is 0 Å². The Balaban J connectivity index is 1.59. The molecule has 1 aliphatic carbocycles. The number of aliphatic hydroxyl groups is 1. The van der Waals surface area contributed by atoms with E-state index in [1.165, 1.54) is 16.7 Å². The summed E-state index contributed by atoms with van der Waals surface area (Å²) in [5.41, 5.74) is 3.75. The van der Waals surface area contributed by atoms with Crippen LogP contribution in [0.25, 0.3) is 0 Å². The summed E-state index contributed by atoms with van der Waals surface area (Å²) >= 11 is 0. The minimum Gasteiger partial charge on any atom is -0.493 e. The Morgan fingerprint density at radius 2 is 1.81 bits per heavy atom. The SMILES string of the molecule is COc1ccc([C@@H]2CNC[C@@]2(C)[C@@H](C)O)cc1OC1Cc2ccccc2C1. The first kappa shape index (κ1) is 18.3. The number of nitrogens with one attached hydrogen (secondary N) is 1. The number of hydrogen-bond donors (Lipinski definition) is 2. The van der Waals surface area contributed by atoms with Gasteiger partial charge in [0.25, 0.3) is 0 Å². The van der Waals surface area contributed by atoms with Gasteiger partial charge in [0.1, 0.15) is 6.10 Å². The smallest absolute Gasteiger partial charge is 0.161 e. The van der Waals surface area contributed by atoms with E-state index in [2.05, 4.69) is 48.6 Å². The molecule has 2 aliphatic rings. The Morgan fingerprint density at radius 1 is 1.11 bits per heavy atom. The molecule has 1 fully saturated rings. The molecule has 0 aromatic heterocycles. The van der Waals surface area contributed by atoms with Crippen molar-refractivity contribution in [2.45, 2.75) is 44.8 Å². The molecule has 1 aliphatic heterocycles. The molecule has 4 nitrogen and oxygen atoms in total. The fourth-order valence-corrected chi connectivity index (χ4v) is 4.56. The van der Waals surface area contributed by atoms with Crippen LogP contribution < -0.4 is 14.8 Å². The number of fused-ring (bicyclic) bond motifs is 1. The molecule has 2 aromatic rings. The summed E-state index contributed by atoms with van der Waals surface area (Å²) < 4.78 is 12.0. The largest absolute Gasteiger partial charge is 0.493 e. The molecule has 4 heteroatoms. The average molecular weight is 367 g/mol. The Bertz CT molecular complexity index is 794. The lowest BCUT2D eigenvalue weighted by Crippen LogP contribution is -2.36. The Kier molecular flexibility index (Phi) is 4.87. The number of methoxy groups -OCH3 is 1. The Labute approximate surface area is 161 Å². The van der Waals surface area contributed by atoms with Gasteiger partial charge in [-0.05, 0) is 35.7 Å². The maximum atomic E-state index is 10.3. The van der Waals surface area contributed by atoms with Crippen molar-refractivity contribution in [3.05, 3.63) is 59.2 Å². The second kappa shape index (κ2) is 7.17. The molecule has 3 atom stereocenters. The van der Waals surface area contributed by atoms with E-state index in [4.69, 9.17) is 9.47 Å². The zero-order valence-corrected chi connectivity index (χ0v) is 16.4. The first-order valence-corrected chi connectivity index (χ1v) is 9.81. The minimum atomic E-state index is -0.381. The number of benzene rings is 2. The fraction of sp³-hybridized carbons (Fsp3) is 0.478. The second-order valence-corrected chi connectivity index (χ2v) is 8.19. The van der Waals surface area contributed by atoms with Gasteiger partial charge < -0.3 is 19.9 Å². The lowest BCUT2D eigenvalue weighted by Gasteiger charge is -2.34. The molecule has 0 spiro atoms. The van der Waals surface area contributed by atoms with Crippen LogP contribution in [0.4, 0.5) is 0 Å². The van der Waals surface area contributed by atoms with E-state index in [1.54, 1.807) is 7.11 Å². The highest BCUT2D eigenvalue weighted by Gasteiger charge is 2.43. The molecule has 144 valence electrons. The van der Waals surface area contributed by atoms with Gasteiger partial charge in [-0.15, -0.1) is 0 Å². The van der Waals surface area contributed by atoms with Crippen molar-refractivity contribution in [1.29, 1.82) is 0 Å². The normalized spacial score (nSPS) is 26.0. The summed E-state index contributed by atoms with van der Waals surface area (Å²) in [5, 5.41) is 13.8. The highest BCUT2D eigenvalue weighted by Crippen LogP contribution is 2.44. The predicted octanol–water partition coefficient (Wildman–Crippen LogP) is 3.32. The third-order valence-electron chi connectivity index (χ3n) is 6.50. The summed E-state index contributed by atoms with van der Waals surface area (Å²) in [6.45, 7) is 5.72. The van der Waals surface area contributed by atoms with Gasteiger partial charge in [0.15, 0.2) is 11.5 Å². The van der Waals surface area contributed by atoms with Gasteiger partial charge in [-0.1, -0.05) is 37.3 Å². The van der Waals surface area contributed by atoms with Gasteiger partial charge in [0, 0.05) is 37.3 Å². The van der Waals surface area contributed by atoms with Crippen molar-refractivity contribution in [3.8, 4) is 11.5 Å². The van der Waals surface area contributed by atoms with E-state index >= 15 is 0 Å². The quantitative estimate of drug-likeness (QED) is 0.851. The Morgan fingerprint density at radius 3 is 2.44 bits per heavy atom. The fourth-order valence-electron chi connectivity index (χ4n) is 4.56. The molecule has 2 aromatic carbocycles. The van der Waals surface area contributed by atoms with E-state index in [0.29, 0.717) is 0 Å². The molecule has 0 saturated carbocycles. The summed E-state index contributed by atoms with van der Waals surface area (Å²) in [4.78, 5) is 0. The van der Waals surface area contributed by atoms with Gasteiger partial charge in [-0.3, -0.25) is 0 Å². The highest BCUT2D eigenvalue weighted by molar-refractivity contribution is 5.45. The maximum Gasteiger partial charge on any atom is 0.161 e.